The predicted molar refractivity (Wildman–Crippen MR) is 90.3 cm³/mol. The first kappa shape index (κ1) is 20.3. The van der Waals surface area contributed by atoms with E-state index in [0.29, 0.717) is 6.54 Å². The fourth-order valence-corrected chi connectivity index (χ4v) is 3.03. The third kappa shape index (κ3) is 5.00. The lowest BCUT2D eigenvalue weighted by Gasteiger charge is -2.30. The number of imidazole rings is 1. The maximum absolute atomic E-state index is 13.3. The Hall–Kier alpha value is -2.03. The van der Waals surface area contributed by atoms with Crippen molar-refractivity contribution in [2.75, 3.05) is 13.1 Å². The molecule has 26 heavy (non-hydrogen) atoms. The highest BCUT2D eigenvalue weighted by molar-refractivity contribution is 5.73. The summed E-state index contributed by atoms with van der Waals surface area (Å²) in [6.45, 7) is 0.0952. The van der Waals surface area contributed by atoms with Crippen molar-refractivity contribution in [2.45, 2.75) is 50.3 Å². The van der Waals surface area contributed by atoms with Crippen LogP contribution in [-0.4, -0.2) is 40.0 Å². The summed E-state index contributed by atoms with van der Waals surface area (Å²) >= 11 is 0. The molecule has 1 aromatic heterocycles. The van der Waals surface area contributed by atoms with Gasteiger partial charge in [0.05, 0.1) is 0 Å². The molecule has 2 rings (SSSR count). The van der Waals surface area contributed by atoms with Gasteiger partial charge in [-0.25, -0.2) is 9.78 Å². The molecule has 1 atom stereocenters. The predicted octanol–water partition coefficient (Wildman–Crippen LogP) is 2.75. The Morgan fingerprint density at radius 2 is 2.04 bits per heavy atom. The van der Waals surface area contributed by atoms with E-state index in [-0.39, 0.29) is 6.54 Å². The molecule has 2 amide bonds. The first-order valence-electron chi connectivity index (χ1n) is 8.70. The van der Waals surface area contributed by atoms with Gasteiger partial charge in [0.25, 0.3) is 0 Å². The van der Waals surface area contributed by atoms with Gasteiger partial charge in [-0.2, -0.15) is 13.2 Å². The average molecular weight is 374 g/mol. The summed E-state index contributed by atoms with van der Waals surface area (Å²) in [6, 6.07) is -0.550. The first-order chi connectivity index (χ1) is 12.2. The molecule has 0 radical (unpaired) electrons. The Kier molecular flexibility index (Phi) is 6.69. The number of nitrogens with one attached hydrogen (secondary N) is 2. The van der Waals surface area contributed by atoms with E-state index in [1.54, 1.807) is 0 Å². The molecule has 9 heteroatoms. The first-order valence-corrected chi connectivity index (χ1v) is 8.70. The lowest BCUT2D eigenvalue weighted by molar-refractivity contribution is -0.272. The van der Waals surface area contributed by atoms with Gasteiger partial charge in [0.2, 0.25) is 5.60 Å². The number of allylic oxidation sites excluding steroid dienone is 1. The van der Waals surface area contributed by atoms with Crippen molar-refractivity contribution in [1.29, 1.82) is 0 Å². The second kappa shape index (κ2) is 8.57. The number of hydrogen-bond donors (Lipinski definition) is 3. The lowest BCUT2D eigenvalue weighted by atomic mass is 9.97. The third-order valence-corrected chi connectivity index (χ3v) is 4.55. The van der Waals surface area contributed by atoms with Crippen LogP contribution in [0.5, 0.6) is 0 Å². The van der Waals surface area contributed by atoms with Crippen LogP contribution >= 0.6 is 0 Å². The molecular formula is C17H25F3N4O2. The SMILES string of the molecule is Cn1ccnc1C(O)(CCNC(=O)NCCC1=CCCCC1)C(F)(F)F. The molecule has 1 aromatic rings. The average Bonchev–Trinajstić information content (AvgIpc) is 3.01. The highest BCUT2D eigenvalue weighted by Crippen LogP contribution is 2.40. The number of nitrogens with zero attached hydrogens (tertiary/aromatic N) is 2. The van der Waals surface area contributed by atoms with Crippen LogP contribution in [0.4, 0.5) is 18.0 Å². The van der Waals surface area contributed by atoms with Crippen molar-refractivity contribution >= 4 is 6.03 Å². The van der Waals surface area contributed by atoms with E-state index in [4.69, 9.17) is 0 Å². The van der Waals surface area contributed by atoms with Crippen molar-refractivity contribution < 1.29 is 23.1 Å². The van der Waals surface area contributed by atoms with Crippen molar-refractivity contribution in [3.05, 3.63) is 29.9 Å². The van der Waals surface area contributed by atoms with Crippen LogP contribution in [0, 0.1) is 0 Å². The zero-order chi connectivity index (χ0) is 19.2. The molecule has 0 fully saturated rings. The number of carbonyl (C=O) groups excluding carboxylic acids is 1. The van der Waals surface area contributed by atoms with Crippen LogP contribution in [0.25, 0.3) is 0 Å². The summed E-state index contributed by atoms with van der Waals surface area (Å²) < 4.78 is 41.1. The molecule has 0 aliphatic heterocycles. The summed E-state index contributed by atoms with van der Waals surface area (Å²) in [7, 11) is 1.37. The van der Waals surface area contributed by atoms with Crippen LogP contribution in [0.15, 0.2) is 24.0 Å². The van der Waals surface area contributed by atoms with E-state index in [1.165, 1.54) is 31.4 Å². The molecule has 6 nitrogen and oxygen atoms in total. The van der Waals surface area contributed by atoms with E-state index in [9.17, 15) is 23.1 Å². The Morgan fingerprint density at radius 1 is 1.31 bits per heavy atom. The lowest BCUT2D eigenvalue weighted by Crippen LogP contribution is -2.47. The fourth-order valence-electron chi connectivity index (χ4n) is 3.03. The maximum Gasteiger partial charge on any atom is 0.424 e. The number of urea groups is 1. The molecule has 0 aromatic carbocycles. The van der Waals surface area contributed by atoms with E-state index in [1.807, 2.05) is 0 Å². The number of hydrogen-bond acceptors (Lipinski definition) is 3. The van der Waals surface area contributed by atoms with Gasteiger partial charge < -0.3 is 20.3 Å². The molecule has 0 saturated heterocycles. The van der Waals surface area contributed by atoms with Crippen LogP contribution in [0.1, 0.15) is 44.3 Å². The number of aliphatic hydroxyl groups is 1. The Morgan fingerprint density at radius 3 is 2.62 bits per heavy atom. The van der Waals surface area contributed by atoms with Crippen molar-refractivity contribution in [3.63, 3.8) is 0 Å². The summed E-state index contributed by atoms with van der Waals surface area (Å²) in [5, 5.41) is 15.2. The van der Waals surface area contributed by atoms with Gasteiger partial charge in [-0.3, -0.25) is 0 Å². The van der Waals surface area contributed by atoms with Crippen molar-refractivity contribution in [2.24, 2.45) is 7.05 Å². The molecule has 0 bridgehead atoms. The molecule has 0 saturated carbocycles. The second-order valence-electron chi connectivity index (χ2n) is 6.51. The third-order valence-electron chi connectivity index (χ3n) is 4.55. The Bertz CT molecular complexity index is 642. The van der Waals surface area contributed by atoms with Crippen LogP contribution in [0.3, 0.4) is 0 Å². The molecule has 1 unspecified atom stereocenters. The van der Waals surface area contributed by atoms with Gasteiger partial charge in [0.15, 0.2) is 0 Å². The summed E-state index contributed by atoms with van der Waals surface area (Å²) in [5.41, 5.74) is -1.82. The fraction of sp³-hybridized carbons (Fsp3) is 0.647. The van der Waals surface area contributed by atoms with E-state index >= 15 is 0 Å². The molecular weight excluding hydrogens is 349 g/mol. The van der Waals surface area contributed by atoms with Crippen LogP contribution in [0.2, 0.25) is 0 Å². The molecule has 146 valence electrons. The van der Waals surface area contributed by atoms with Gasteiger partial charge in [-0.1, -0.05) is 11.6 Å². The smallest absolute Gasteiger partial charge is 0.374 e. The van der Waals surface area contributed by atoms with E-state index in [0.717, 1.165) is 30.3 Å². The molecule has 3 N–H and O–H groups in total. The minimum Gasteiger partial charge on any atom is -0.374 e. The summed E-state index contributed by atoms with van der Waals surface area (Å²) in [4.78, 5) is 15.4. The number of alkyl halides is 3. The Labute approximate surface area is 150 Å². The molecule has 1 aliphatic carbocycles. The minimum atomic E-state index is -4.91. The van der Waals surface area contributed by atoms with Gasteiger partial charge in [-0.05, 0) is 32.1 Å². The van der Waals surface area contributed by atoms with Crippen LogP contribution < -0.4 is 10.6 Å². The number of aromatic nitrogens is 2. The summed E-state index contributed by atoms with van der Waals surface area (Å²) in [5.74, 6) is -0.503. The van der Waals surface area contributed by atoms with E-state index < -0.39 is 30.1 Å². The number of halogens is 3. The maximum atomic E-state index is 13.3. The topological polar surface area (TPSA) is 79.2 Å². The zero-order valence-electron chi connectivity index (χ0n) is 14.8. The van der Waals surface area contributed by atoms with Gasteiger partial charge >= 0.3 is 12.2 Å². The number of rotatable bonds is 7. The normalized spacial score (nSPS) is 17.3. The van der Waals surface area contributed by atoms with Gasteiger partial charge in [0.1, 0.15) is 5.82 Å². The number of carbonyl (C=O) groups is 1. The Balaban J connectivity index is 1.81. The van der Waals surface area contributed by atoms with Crippen molar-refractivity contribution in [3.8, 4) is 0 Å². The van der Waals surface area contributed by atoms with Gasteiger partial charge in [-0.15, -0.1) is 0 Å². The molecule has 0 spiro atoms. The largest absolute Gasteiger partial charge is 0.424 e. The molecule has 1 heterocycles. The highest BCUT2D eigenvalue weighted by atomic mass is 19.4. The standard InChI is InChI=1S/C17H25F3N4O2/c1-24-12-11-21-14(24)16(26,17(18,19)20)8-10-23-15(25)22-9-7-13-5-3-2-4-6-13/h5,11-12,26H,2-4,6-10H2,1H3,(H2,22,23,25). The number of amides is 2. The monoisotopic (exact) mass is 374 g/mol. The van der Waals surface area contributed by atoms with Crippen molar-refractivity contribution in [1.82, 2.24) is 20.2 Å². The quantitative estimate of drug-likeness (QED) is 0.642. The second-order valence-corrected chi connectivity index (χ2v) is 6.51. The zero-order valence-corrected chi connectivity index (χ0v) is 14.8. The van der Waals surface area contributed by atoms with Crippen LogP contribution in [-0.2, 0) is 12.6 Å². The minimum absolute atomic E-state index is 0.336. The highest BCUT2D eigenvalue weighted by Gasteiger charge is 2.57. The van der Waals surface area contributed by atoms with Gasteiger partial charge in [0, 0.05) is 39.0 Å². The number of aryl methyl sites for hydroxylation is 1. The van der Waals surface area contributed by atoms with E-state index in [2.05, 4.69) is 21.7 Å². The summed E-state index contributed by atoms with van der Waals surface area (Å²) in [6.07, 6.45) is 4.25. The molecule has 1 aliphatic rings.